The lowest BCUT2D eigenvalue weighted by molar-refractivity contribution is 0.599. The van der Waals surface area contributed by atoms with Gasteiger partial charge in [-0.05, 0) is 32.9 Å². The molecule has 0 aliphatic carbocycles. The lowest BCUT2D eigenvalue weighted by Crippen LogP contribution is -2.15. The summed E-state index contributed by atoms with van der Waals surface area (Å²) < 4.78 is 31.0. The predicted octanol–water partition coefficient (Wildman–Crippen LogP) is 1.19. The Labute approximate surface area is 127 Å². The largest absolute Gasteiger partial charge is 0.276 e. The molecule has 0 unspecified atom stereocenters. The molecule has 0 saturated carbocycles. The Morgan fingerprint density at radius 1 is 1.18 bits per heavy atom. The zero-order chi connectivity index (χ0) is 16.1. The molecule has 0 fully saturated rings. The van der Waals surface area contributed by atoms with E-state index in [1.165, 1.54) is 4.52 Å². The van der Waals surface area contributed by atoms with E-state index in [0.717, 1.165) is 0 Å². The molecule has 0 atom stereocenters. The maximum absolute atomic E-state index is 12.7. The molecule has 9 heteroatoms. The van der Waals surface area contributed by atoms with E-state index in [4.69, 9.17) is 0 Å². The van der Waals surface area contributed by atoms with E-state index in [1.807, 2.05) is 0 Å². The molecule has 0 aliphatic heterocycles. The number of hydrogen-bond acceptors (Lipinski definition) is 5. The Hall–Kier alpha value is -2.42. The van der Waals surface area contributed by atoms with Gasteiger partial charge in [-0.1, -0.05) is 0 Å². The van der Waals surface area contributed by atoms with Crippen molar-refractivity contribution >= 4 is 21.4 Å². The summed E-state index contributed by atoms with van der Waals surface area (Å²) in [4.78, 5) is 4.43. The molecule has 3 aromatic rings. The van der Waals surface area contributed by atoms with Crippen molar-refractivity contribution in [3.8, 4) is 0 Å². The van der Waals surface area contributed by atoms with Crippen molar-refractivity contribution in [3.05, 3.63) is 35.5 Å². The van der Waals surface area contributed by atoms with Crippen molar-refractivity contribution < 1.29 is 8.42 Å². The van der Waals surface area contributed by atoms with Crippen LogP contribution < -0.4 is 4.72 Å². The number of rotatable bonds is 3. The van der Waals surface area contributed by atoms with Gasteiger partial charge in [-0.15, -0.1) is 0 Å². The van der Waals surface area contributed by atoms with Crippen LogP contribution >= 0.6 is 0 Å². The summed E-state index contributed by atoms with van der Waals surface area (Å²) in [6, 6.07) is 3.37. The number of nitrogens with one attached hydrogen (secondary N) is 1. The van der Waals surface area contributed by atoms with Gasteiger partial charge in [0.2, 0.25) is 0 Å². The number of aromatic nitrogens is 5. The lowest BCUT2D eigenvalue weighted by Gasteiger charge is -2.09. The Balaban J connectivity index is 2.11. The third kappa shape index (κ3) is 2.23. The third-order valence-electron chi connectivity index (χ3n) is 3.42. The minimum absolute atomic E-state index is 0.188. The van der Waals surface area contributed by atoms with Gasteiger partial charge in [0.15, 0.2) is 5.65 Å². The van der Waals surface area contributed by atoms with Crippen LogP contribution in [0.15, 0.2) is 23.2 Å². The van der Waals surface area contributed by atoms with Gasteiger partial charge in [0.1, 0.15) is 10.7 Å². The standard InChI is InChI=1S/C13H16N6O2S/c1-8-12(9(2)18(4)15-8)22(20,21)17-11-6-5-7-19-13(11)14-10(3)16-19/h5-7,17H,1-4H3. The molecule has 3 heterocycles. The zero-order valence-electron chi connectivity index (χ0n) is 12.7. The number of anilines is 1. The topological polar surface area (TPSA) is 94.2 Å². The van der Waals surface area contributed by atoms with Gasteiger partial charge in [0, 0.05) is 13.2 Å². The first-order valence-corrected chi connectivity index (χ1v) is 8.13. The van der Waals surface area contributed by atoms with Gasteiger partial charge in [-0.2, -0.15) is 10.2 Å². The van der Waals surface area contributed by atoms with Crippen molar-refractivity contribution in [2.45, 2.75) is 25.7 Å². The summed E-state index contributed by atoms with van der Waals surface area (Å²) in [6.07, 6.45) is 1.72. The minimum atomic E-state index is -3.75. The molecule has 0 amide bonds. The monoisotopic (exact) mass is 320 g/mol. The number of pyridine rings is 1. The van der Waals surface area contributed by atoms with Crippen LogP contribution in [0.2, 0.25) is 0 Å². The highest BCUT2D eigenvalue weighted by Crippen LogP contribution is 2.23. The SMILES string of the molecule is Cc1nc2c(NS(=O)(=O)c3c(C)nn(C)c3C)cccn2n1. The maximum Gasteiger partial charge on any atom is 0.265 e. The minimum Gasteiger partial charge on any atom is -0.276 e. The van der Waals surface area contributed by atoms with Crippen molar-refractivity contribution in [2.24, 2.45) is 7.05 Å². The van der Waals surface area contributed by atoms with E-state index < -0.39 is 10.0 Å². The zero-order valence-corrected chi connectivity index (χ0v) is 13.5. The molecule has 3 aromatic heterocycles. The van der Waals surface area contributed by atoms with Gasteiger partial charge >= 0.3 is 0 Å². The molecule has 0 spiro atoms. The van der Waals surface area contributed by atoms with Crippen molar-refractivity contribution in [2.75, 3.05) is 4.72 Å². The van der Waals surface area contributed by atoms with E-state index >= 15 is 0 Å². The molecular weight excluding hydrogens is 304 g/mol. The van der Waals surface area contributed by atoms with Crippen LogP contribution in [-0.2, 0) is 17.1 Å². The second-order valence-corrected chi connectivity index (χ2v) is 6.70. The normalized spacial score (nSPS) is 12.0. The number of hydrogen-bond donors (Lipinski definition) is 1. The molecular formula is C13H16N6O2S. The summed E-state index contributed by atoms with van der Waals surface area (Å²) in [5.74, 6) is 0.570. The average Bonchev–Trinajstić information content (AvgIpc) is 2.90. The van der Waals surface area contributed by atoms with Gasteiger partial charge in [0.25, 0.3) is 10.0 Å². The Morgan fingerprint density at radius 2 is 1.91 bits per heavy atom. The van der Waals surface area contributed by atoms with E-state index in [1.54, 1.807) is 50.8 Å². The van der Waals surface area contributed by atoms with Gasteiger partial charge < -0.3 is 0 Å². The molecule has 0 aromatic carbocycles. The van der Waals surface area contributed by atoms with Crippen molar-refractivity contribution in [3.63, 3.8) is 0 Å². The fraction of sp³-hybridized carbons (Fsp3) is 0.308. The second kappa shape index (κ2) is 4.80. The summed E-state index contributed by atoms with van der Waals surface area (Å²) >= 11 is 0. The fourth-order valence-corrected chi connectivity index (χ4v) is 3.93. The van der Waals surface area contributed by atoms with Crippen LogP contribution in [0, 0.1) is 20.8 Å². The van der Waals surface area contributed by atoms with Crippen LogP contribution in [0.1, 0.15) is 17.2 Å². The highest BCUT2D eigenvalue weighted by molar-refractivity contribution is 7.92. The van der Waals surface area contributed by atoms with Crippen LogP contribution in [0.4, 0.5) is 5.69 Å². The number of aryl methyl sites for hydroxylation is 3. The summed E-state index contributed by atoms with van der Waals surface area (Å²) in [6.45, 7) is 5.14. The second-order valence-electron chi connectivity index (χ2n) is 5.08. The maximum atomic E-state index is 12.7. The Bertz CT molecular complexity index is 970. The first-order valence-electron chi connectivity index (χ1n) is 6.64. The van der Waals surface area contributed by atoms with Crippen LogP contribution in [0.3, 0.4) is 0 Å². The summed E-state index contributed by atoms with van der Waals surface area (Å²) in [5, 5.41) is 8.32. The Morgan fingerprint density at radius 3 is 2.55 bits per heavy atom. The van der Waals surface area contributed by atoms with E-state index in [9.17, 15) is 8.42 Å². The van der Waals surface area contributed by atoms with Crippen LogP contribution in [0.5, 0.6) is 0 Å². The molecule has 0 aliphatic rings. The summed E-state index contributed by atoms with van der Waals surface area (Å²) in [5.41, 5.74) is 1.88. The molecule has 8 nitrogen and oxygen atoms in total. The molecule has 0 saturated heterocycles. The molecule has 116 valence electrons. The lowest BCUT2D eigenvalue weighted by atomic mass is 10.4. The van der Waals surface area contributed by atoms with E-state index in [-0.39, 0.29) is 4.90 Å². The molecule has 3 rings (SSSR count). The number of sulfonamides is 1. The number of fused-ring (bicyclic) bond motifs is 1. The van der Waals surface area contributed by atoms with Gasteiger partial charge in [0.05, 0.1) is 17.1 Å². The first-order chi connectivity index (χ1) is 10.3. The molecule has 0 radical (unpaired) electrons. The van der Waals surface area contributed by atoms with Gasteiger partial charge in [-0.3, -0.25) is 9.40 Å². The van der Waals surface area contributed by atoms with E-state index in [0.29, 0.717) is 28.5 Å². The van der Waals surface area contributed by atoms with Crippen LogP contribution in [0.25, 0.3) is 5.65 Å². The number of nitrogens with zero attached hydrogens (tertiary/aromatic N) is 5. The van der Waals surface area contributed by atoms with E-state index in [2.05, 4.69) is 19.9 Å². The quantitative estimate of drug-likeness (QED) is 0.782. The smallest absolute Gasteiger partial charge is 0.265 e. The molecule has 0 bridgehead atoms. The fourth-order valence-electron chi connectivity index (χ4n) is 2.43. The highest BCUT2D eigenvalue weighted by Gasteiger charge is 2.24. The third-order valence-corrected chi connectivity index (χ3v) is 5.04. The predicted molar refractivity (Wildman–Crippen MR) is 81.2 cm³/mol. The van der Waals surface area contributed by atoms with Crippen molar-refractivity contribution in [1.82, 2.24) is 24.4 Å². The van der Waals surface area contributed by atoms with Gasteiger partial charge in [-0.25, -0.2) is 17.9 Å². The first kappa shape index (κ1) is 14.5. The molecule has 1 N–H and O–H groups in total. The molecule has 22 heavy (non-hydrogen) atoms. The van der Waals surface area contributed by atoms with Crippen LogP contribution in [-0.4, -0.2) is 32.8 Å². The van der Waals surface area contributed by atoms with Crippen molar-refractivity contribution in [1.29, 1.82) is 0 Å². The average molecular weight is 320 g/mol. The highest BCUT2D eigenvalue weighted by atomic mass is 32.2. The summed E-state index contributed by atoms with van der Waals surface area (Å²) in [7, 11) is -2.04. The Kier molecular flexibility index (Phi) is 3.17.